The Bertz CT molecular complexity index is 1090. The number of pyridine rings is 1. The van der Waals surface area contributed by atoms with E-state index in [9.17, 15) is 0 Å². The lowest BCUT2D eigenvalue weighted by Gasteiger charge is -2.57. The molecule has 4 bridgehead atoms. The zero-order chi connectivity index (χ0) is 19.8. The van der Waals surface area contributed by atoms with E-state index in [-0.39, 0.29) is 0 Å². The van der Waals surface area contributed by atoms with E-state index < -0.39 is 0 Å². The first kappa shape index (κ1) is 17.7. The molecular formula is C28H32N+. The molecule has 0 aliphatic heterocycles. The predicted octanol–water partition coefficient (Wildman–Crippen LogP) is 6.42. The smallest absolute Gasteiger partial charge is 0.198 e. The lowest BCUT2D eigenvalue weighted by atomic mass is 9.48. The molecule has 29 heavy (non-hydrogen) atoms. The molecule has 0 atom stereocenters. The molecule has 4 aliphatic carbocycles. The summed E-state index contributed by atoms with van der Waals surface area (Å²) in [6.07, 6.45) is 8.86. The first-order chi connectivity index (χ1) is 14.0. The minimum Gasteiger partial charge on any atom is -0.198 e. The van der Waals surface area contributed by atoms with Gasteiger partial charge in [0.25, 0.3) is 0 Å². The third-order valence-corrected chi connectivity index (χ3v) is 8.59. The van der Waals surface area contributed by atoms with Gasteiger partial charge in [0.05, 0.1) is 5.39 Å². The van der Waals surface area contributed by atoms with Crippen LogP contribution in [0.25, 0.3) is 22.0 Å². The van der Waals surface area contributed by atoms with Crippen molar-refractivity contribution in [3.8, 4) is 11.3 Å². The number of rotatable bonds is 2. The molecule has 0 radical (unpaired) electrons. The number of aromatic nitrogens is 1. The van der Waals surface area contributed by atoms with Gasteiger partial charge in [-0.1, -0.05) is 30.3 Å². The molecule has 3 aromatic rings. The monoisotopic (exact) mass is 382 g/mol. The number of aryl methyl sites for hydroxylation is 2. The van der Waals surface area contributed by atoms with Crippen molar-refractivity contribution in [2.24, 2.45) is 24.8 Å². The molecule has 1 nitrogen and oxygen atoms in total. The van der Waals surface area contributed by atoms with Gasteiger partial charge in [-0.3, -0.25) is 0 Å². The van der Waals surface area contributed by atoms with Crippen LogP contribution in [0.15, 0.2) is 48.5 Å². The maximum Gasteiger partial charge on any atom is 0.220 e. The summed E-state index contributed by atoms with van der Waals surface area (Å²) in [6, 6.07) is 18.7. The molecule has 4 saturated carbocycles. The van der Waals surface area contributed by atoms with Crippen molar-refractivity contribution in [2.75, 3.05) is 0 Å². The van der Waals surface area contributed by atoms with Gasteiger partial charge in [0.2, 0.25) is 5.69 Å². The van der Waals surface area contributed by atoms with Gasteiger partial charge in [0.1, 0.15) is 7.05 Å². The van der Waals surface area contributed by atoms with Gasteiger partial charge in [-0.2, -0.15) is 4.57 Å². The molecule has 4 fully saturated rings. The summed E-state index contributed by atoms with van der Waals surface area (Å²) >= 11 is 0. The van der Waals surface area contributed by atoms with E-state index in [4.69, 9.17) is 0 Å². The summed E-state index contributed by atoms with van der Waals surface area (Å²) in [6.45, 7) is 4.48. The molecule has 1 aromatic heterocycles. The minimum atomic E-state index is 0.470. The second kappa shape index (κ2) is 6.17. The average molecular weight is 383 g/mol. The van der Waals surface area contributed by atoms with Crippen LogP contribution in [0.5, 0.6) is 0 Å². The number of benzene rings is 2. The Morgan fingerprint density at radius 1 is 0.828 bits per heavy atom. The van der Waals surface area contributed by atoms with Crippen LogP contribution in [0.1, 0.15) is 55.3 Å². The molecule has 0 unspecified atom stereocenters. The number of hydrogen-bond donors (Lipinski definition) is 0. The number of fused-ring (bicyclic) bond motifs is 1. The van der Waals surface area contributed by atoms with Crippen molar-refractivity contribution in [3.63, 3.8) is 0 Å². The standard InChI is InChI=1S/C28H32N/c1-18-6-4-5-7-25(18)27-26-9-8-24(14-23(26)10-19(2)29(27)3)28-15-20-11-21(16-28)13-22(12-20)17-28/h4-10,14,20-22H,11-13,15-17H2,1-3H3/q+1. The van der Waals surface area contributed by atoms with Gasteiger partial charge in [-0.25, -0.2) is 0 Å². The normalized spacial score (nSPS) is 30.2. The van der Waals surface area contributed by atoms with Crippen LogP contribution in [0.2, 0.25) is 0 Å². The van der Waals surface area contributed by atoms with Crippen molar-refractivity contribution in [2.45, 2.75) is 57.8 Å². The number of hydrogen-bond acceptors (Lipinski definition) is 0. The first-order valence-corrected chi connectivity index (χ1v) is 11.5. The van der Waals surface area contributed by atoms with Gasteiger partial charge in [-0.05, 0) is 97.3 Å². The molecule has 0 spiro atoms. The van der Waals surface area contributed by atoms with Crippen LogP contribution >= 0.6 is 0 Å². The van der Waals surface area contributed by atoms with Gasteiger partial charge in [0.15, 0.2) is 5.69 Å². The quantitative estimate of drug-likeness (QED) is 0.451. The highest BCUT2D eigenvalue weighted by atomic mass is 14.9. The van der Waals surface area contributed by atoms with E-state index in [0.717, 1.165) is 17.8 Å². The van der Waals surface area contributed by atoms with E-state index in [2.05, 4.69) is 74.0 Å². The topological polar surface area (TPSA) is 3.88 Å². The Kier molecular flexibility index (Phi) is 3.77. The third-order valence-electron chi connectivity index (χ3n) is 8.59. The van der Waals surface area contributed by atoms with Crippen molar-refractivity contribution < 1.29 is 4.57 Å². The van der Waals surface area contributed by atoms with Gasteiger partial charge >= 0.3 is 0 Å². The zero-order valence-corrected chi connectivity index (χ0v) is 18.0. The third kappa shape index (κ3) is 2.62. The fraction of sp³-hybridized carbons (Fsp3) is 0.464. The van der Waals surface area contributed by atoms with Crippen LogP contribution in [0.4, 0.5) is 0 Å². The van der Waals surface area contributed by atoms with Crippen LogP contribution in [0.3, 0.4) is 0 Å². The van der Waals surface area contributed by atoms with Gasteiger partial charge < -0.3 is 0 Å². The Morgan fingerprint density at radius 2 is 1.48 bits per heavy atom. The lowest BCUT2D eigenvalue weighted by molar-refractivity contribution is -0.665. The van der Waals surface area contributed by atoms with E-state index in [1.165, 1.54) is 71.8 Å². The summed E-state index contributed by atoms with van der Waals surface area (Å²) in [4.78, 5) is 0. The highest BCUT2D eigenvalue weighted by Crippen LogP contribution is 2.60. The molecule has 1 heterocycles. The number of nitrogens with zero attached hydrogens (tertiary/aromatic N) is 1. The molecule has 2 aromatic carbocycles. The van der Waals surface area contributed by atoms with Crippen molar-refractivity contribution in [1.82, 2.24) is 0 Å². The van der Waals surface area contributed by atoms with Crippen LogP contribution in [0, 0.1) is 31.6 Å². The van der Waals surface area contributed by atoms with Crippen molar-refractivity contribution in [3.05, 3.63) is 65.4 Å². The second-order valence-corrected chi connectivity index (χ2v) is 10.5. The Morgan fingerprint density at radius 3 is 2.14 bits per heavy atom. The van der Waals surface area contributed by atoms with Gasteiger partial charge in [0, 0.05) is 18.6 Å². The summed E-state index contributed by atoms with van der Waals surface area (Å²) < 4.78 is 2.37. The Hall–Kier alpha value is -2.15. The van der Waals surface area contributed by atoms with E-state index in [1.54, 1.807) is 5.56 Å². The Balaban J connectivity index is 1.53. The van der Waals surface area contributed by atoms with E-state index in [1.807, 2.05) is 0 Å². The molecular weight excluding hydrogens is 350 g/mol. The summed E-state index contributed by atoms with van der Waals surface area (Å²) in [5.41, 5.74) is 7.49. The van der Waals surface area contributed by atoms with E-state index >= 15 is 0 Å². The summed E-state index contributed by atoms with van der Waals surface area (Å²) in [7, 11) is 2.21. The highest BCUT2D eigenvalue weighted by molar-refractivity contribution is 5.94. The zero-order valence-electron chi connectivity index (χ0n) is 18.0. The predicted molar refractivity (Wildman–Crippen MR) is 120 cm³/mol. The van der Waals surface area contributed by atoms with Gasteiger partial charge in [-0.15, -0.1) is 0 Å². The molecule has 0 amide bonds. The maximum absolute atomic E-state index is 2.57. The van der Waals surface area contributed by atoms with Crippen LogP contribution < -0.4 is 4.57 Å². The Labute approximate surface area is 174 Å². The molecule has 0 saturated heterocycles. The molecule has 4 aliphatic rings. The highest BCUT2D eigenvalue weighted by Gasteiger charge is 2.51. The molecule has 7 rings (SSSR count). The fourth-order valence-electron chi connectivity index (χ4n) is 7.54. The molecule has 0 N–H and O–H groups in total. The molecule has 1 heteroatoms. The average Bonchev–Trinajstić information content (AvgIpc) is 2.68. The van der Waals surface area contributed by atoms with Crippen LogP contribution in [-0.2, 0) is 12.5 Å². The SMILES string of the molecule is Cc1ccccc1-c1c2ccc(C34CC5CC(CC(C5)C3)C4)cc2cc(C)[n+]1C. The fourth-order valence-corrected chi connectivity index (χ4v) is 7.54. The summed E-state index contributed by atoms with van der Waals surface area (Å²) in [5, 5.41) is 2.81. The first-order valence-electron chi connectivity index (χ1n) is 11.5. The van der Waals surface area contributed by atoms with E-state index in [0.29, 0.717) is 5.41 Å². The van der Waals surface area contributed by atoms with Crippen molar-refractivity contribution in [1.29, 1.82) is 0 Å². The van der Waals surface area contributed by atoms with Crippen molar-refractivity contribution >= 4 is 10.8 Å². The largest absolute Gasteiger partial charge is 0.220 e. The second-order valence-electron chi connectivity index (χ2n) is 10.5. The molecule has 148 valence electrons. The minimum absolute atomic E-state index is 0.470. The summed E-state index contributed by atoms with van der Waals surface area (Å²) in [5.74, 6) is 2.99. The lowest BCUT2D eigenvalue weighted by Crippen LogP contribution is -2.48. The van der Waals surface area contributed by atoms with Crippen LogP contribution in [-0.4, -0.2) is 0 Å². The maximum atomic E-state index is 2.57.